The van der Waals surface area contributed by atoms with Crippen LogP contribution in [0.5, 0.6) is 5.75 Å². The number of nitrogens with zero attached hydrogens (tertiary/aromatic N) is 1. The third-order valence-electron chi connectivity index (χ3n) is 3.15. The van der Waals surface area contributed by atoms with Crippen molar-refractivity contribution in [1.29, 1.82) is 0 Å². The Morgan fingerprint density at radius 1 is 1.10 bits per heavy atom. The van der Waals surface area contributed by atoms with Crippen LogP contribution >= 0.6 is 0 Å². The minimum absolute atomic E-state index is 0.490. The number of benzene rings is 2. The molecule has 3 aromatic rings. The SMILES string of the molecule is NC(=O)n1ccc2ccc(OCc3ccccc3)cc21. The van der Waals surface area contributed by atoms with Crippen molar-refractivity contribution in [3.63, 3.8) is 0 Å². The van der Waals surface area contributed by atoms with Gasteiger partial charge in [0.05, 0.1) is 5.52 Å². The fourth-order valence-corrected chi connectivity index (χ4v) is 2.13. The molecule has 20 heavy (non-hydrogen) atoms. The summed E-state index contributed by atoms with van der Waals surface area (Å²) in [7, 11) is 0. The van der Waals surface area contributed by atoms with E-state index in [4.69, 9.17) is 10.5 Å². The number of hydrogen-bond acceptors (Lipinski definition) is 2. The molecule has 0 bridgehead atoms. The van der Waals surface area contributed by atoms with Crippen molar-refractivity contribution >= 4 is 16.9 Å². The zero-order valence-corrected chi connectivity index (χ0v) is 10.8. The van der Waals surface area contributed by atoms with Crippen molar-refractivity contribution in [2.24, 2.45) is 5.73 Å². The summed E-state index contributed by atoms with van der Waals surface area (Å²) in [4.78, 5) is 11.3. The molecule has 0 fully saturated rings. The van der Waals surface area contributed by atoms with E-state index in [1.165, 1.54) is 4.57 Å². The van der Waals surface area contributed by atoms with E-state index < -0.39 is 6.03 Å². The van der Waals surface area contributed by atoms with Crippen molar-refractivity contribution in [3.05, 3.63) is 66.4 Å². The molecular weight excluding hydrogens is 252 g/mol. The average molecular weight is 266 g/mol. The van der Waals surface area contributed by atoms with Crippen molar-refractivity contribution in [1.82, 2.24) is 4.57 Å². The number of fused-ring (bicyclic) bond motifs is 1. The van der Waals surface area contributed by atoms with E-state index in [1.54, 1.807) is 6.20 Å². The topological polar surface area (TPSA) is 57.2 Å². The number of carbonyl (C=O) groups is 1. The maximum Gasteiger partial charge on any atom is 0.323 e. The molecule has 1 aromatic heterocycles. The molecule has 4 nitrogen and oxygen atoms in total. The van der Waals surface area contributed by atoms with Crippen LogP contribution in [0.3, 0.4) is 0 Å². The lowest BCUT2D eigenvalue weighted by atomic mass is 10.2. The van der Waals surface area contributed by atoms with Gasteiger partial charge in [-0.1, -0.05) is 30.3 Å². The Kier molecular flexibility index (Phi) is 3.13. The number of amides is 1. The lowest BCUT2D eigenvalue weighted by Crippen LogP contribution is -2.18. The molecular formula is C16H14N2O2. The number of ether oxygens (including phenoxy) is 1. The molecule has 0 aliphatic rings. The highest BCUT2D eigenvalue weighted by Gasteiger charge is 2.06. The second kappa shape index (κ2) is 5.09. The summed E-state index contributed by atoms with van der Waals surface area (Å²) in [6.45, 7) is 0.490. The highest BCUT2D eigenvalue weighted by Crippen LogP contribution is 2.22. The molecule has 0 radical (unpaired) electrons. The van der Waals surface area contributed by atoms with Crippen molar-refractivity contribution < 1.29 is 9.53 Å². The smallest absolute Gasteiger partial charge is 0.323 e. The maximum absolute atomic E-state index is 11.3. The van der Waals surface area contributed by atoms with Crippen LogP contribution in [0.2, 0.25) is 0 Å². The molecule has 0 saturated carbocycles. The fraction of sp³-hybridized carbons (Fsp3) is 0.0625. The summed E-state index contributed by atoms with van der Waals surface area (Å²) in [5.41, 5.74) is 7.17. The summed E-state index contributed by atoms with van der Waals surface area (Å²) in [5, 5.41) is 0.955. The van der Waals surface area contributed by atoms with Gasteiger partial charge in [0.15, 0.2) is 0 Å². The van der Waals surface area contributed by atoms with Crippen LogP contribution in [0.25, 0.3) is 10.9 Å². The molecule has 2 aromatic carbocycles. The number of primary amides is 1. The zero-order chi connectivity index (χ0) is 13.9. The van der Waals surface area contributed by atoms with Crippen LogP contribution in [0.1, 0.15) is 5.56 Å². The van der Waals surface area contributed by atoms with Crippen LogP contribution in [0.15, 0.2) is 60.8 Å². The minimum atomic E-state index is -0.500. The Balaban J connectivity index is 1.85. The Morgan fingerprint density at radius 3 is 2.65 bits per heavy atom. The molecule has 1 amide bonds. The van der Waals surface area contributed by atoms with Crippen LogP contribution in [-0.4, -0.2) is 10.6 Å². The van der Waals surface area contributed by atoms with E-state index in [1.807, 2.05) is 54.6 Å². The van der Waals surface area contributed by atoms with Gasteiger partial charge in [-0.15, -0.1) is 0 Å². The monoisotopic (exact) mass is 266 g/mol. The van der Waals surface area contributed by atoms with E-state index in [9.17, 15) is 4.79 Å². The molecule has 0 spiro atoms. The van der Waals surface area contributed by atoms with Gasteiger partial charge in [-0.25, -0.2) is 4.79 Å². The van der Waals surface area contributed by atoms with Crippen LogP contribution in [0, 0.1) is 0 Å². The highest BCUT2D eigenvalue weighted by atomic mass is 16.5. The molecule has 0 aliphatic carbocycles. The van der Waals surface area contributed by atoms with Crippen molar-refractivity contribution in [2.75, 3.05) is 0 Å². The van der Waals surface area contributed by atoms with Gasteiger partial charge in [0.2, 0.25) is 0 Å². The first-order valence-electron chi connectivity index (χ1n) is 6.32. The highest BCUT2D eigenvalue weighted by molar-refractivity contribution is 5.91. The Labute approximate surface area is 116 Å². The van der Waals surface area contributed by atoms with Gasteiger partial charge in [0.25, 0.3) is 0 Å². The first-order chi connectivity index (χ1) is 9.74. The second-order valence-corrected chi connectivity index (χ2v) is 4.52. The summed E-state index contributed by atoms with van der Waals surface area (Å²) in [5.74, 6) is 0.711. The van der Waals surface area contributed by atoms with Gasteiger partial charge >= 0.3 is 6.03 Å². The molecule has 100 valence electrons. The molecule has 0 aliphatic heterocycles. The van der Waals surface area contributed by atoms with E-state index >= 15 is 0 Å². The van der Waals surface area contributed by atoms with Gasteiger partial charge in [0.1, 0.15) is 12.4 Å². The minimum Gasteiger partial charge on any atom is -0.489 e. The molecule has 2 N–H and O–H groups in total. The van der Waals surface area contributed by atoms with Crippen LogP contribution < -0.4 is 10.5 Å². The first-order valence-corrected chi connectivity index (χ1v) is 6.32. The lowest BCUT2D eigenvalue weighted by Gasteiger charge is -2.07. The standard InChI is InChI=1S/C16H14N2O2/c17-16(19)18-9-8-13-6-7-14(10-15(13)18)20-11-12-4-2-1-3-5-12/h1-10H,11H2,(H2,17,19). The third-order valence-corrected chi connectivity index (χ3v) is 3.15. The third kappa shape index (κ3) is 2.36. The normalized spacial score (nSPS) is 10.6. The first kappa shape index (κ1) is 12.3. The number of rotatable bonds is 3. The van der Waals surface area contributed by atoms with E-state index in [2.05, 4.69) is 0 Å². The van der Waals surface area contributed by atoms with Gasteiger partial charge in [-0.2, -0.15) is 0 Å². The largest absolute Gasteiger partial charge is 0.489 e. The molecule has 0 atom stereocenters. The number of hydrogen-bond donors (Lipinski definition) is 1. The second-order valence-electron chi connectivity index (χ2n) is 4.52. The Hall–Kier alpha value is -2.75. The number of nitrogens with two attached hydrogens (primary N) is 1. The summed E-state index contributed by atoms with van der Waals surface area (Å²) < 4.78 is 7.15. The Bertz CT molecular complexity index is 748. The van der Waals surface area contributed by atoms with Crippen molar-refractivity contribution in [2.45, 2.75) is 6.61 Å². The predicted octanol–water partition coefficient (Wildman–Crippen LogP) is 3.15. The quantitative estimate of drug-likeness (QED) is 0.791. The van der Waals surface area contributed by atoms with Gasteiger partial charge < -0.3 is 10.5 Å². The maximum atomic E-state index is 11.3. The summed E-state index contributed by atoms with van der Waals surface area (Å²) in [6.07, 6.45) is 1.66. The predicted molar refractivity (Wildman–Crippen MR) is 77.7 cm³/mol. The summed E-state index contributed by atoms with van der Waals surface area (Å²) >= 11 is 0. The average Bonchev–Trinajstić information content (AvgIpc) is 2.89. The van der Waals surface area contributed by atoms with Crippen molar-refractivity contribution in [3.8, 4) is 5.75 Å². The van der Waals surface area contributed by atoms with E-state index in [-0.39, 0.29) is 0 Å². The van der Waals surface area contributed by atoms with Gasteiger partial charge in [-0.05, 0) is 23.8 Å². The Morgan fingerprint density at radius 2 is 1.90 bits per heavy atom. The molecule has 0 unspecified atom stereocenters. The summed E-state index contributed by atoms with van der Waals surface area (Å²) in [6, 6.07) is 16.9. The zero-order valence-electron chi connectivity index (χ0n) is 10.8. The molecule has 4 heteroatoms. The number of carbonyl (C=O) groups excluding carboxylic acids is 1. The van der Waals surface area contributed by atoms with Gasteiger partial charge in [0, 0.05) is 17.6 Å². The molecule has 0 saturated heterocycles. The van der Waals surface area contributed by atoms with E-state index in [0.29, 0.717) is 12.4 Å². The fourth-order valence-electron chi connectivity index (χ4n) is 2.13. The molecule has 3 rings (SSSR count). The van der Waals surface area contributed by atoms with Crippen LogP contribution in [-0.2, 0) is 6.61 Å². The number of aromatic nitrogens is 1. The molecule has 1 heterocycles. The van der Waals surface area contributed by atoms with Crippen LogP contribution in [0.4, 0.5) is 4.79 Å². The lowest BCUT2D eigenvalue weighted by molar-refractivity contribution is 0.251. The van der Waals surface area contributed by atoms with E-state index in [0.717, 1.165) is 16.5 Å². The van der Waals surface area contributed by atoms with Gasteiger partial charge in [-0.3, -0.25) is 4.57 Å².